The molecule has 1 aromatic rings. The first-order valence-electron chi connectivity index (χ1n) is 8.95. The summed E-state index contributed by atoms with van der Waals surface area (Å²) in [6.45, 7) is 5.92. The second-order valence-corrected chi connectivity index (χ2v) is 7.58. The molecular weight excluding hydrogens is 350 g/mol. The number of hydrogen-bond acceptors (Lipinski definition) is 6. The summed E-state index contributed by atoms with van der Waals surface area (Å²) in [6, 6.07) is 3.78. The van der Waals surface area contributed by atoms with Crippen molar-refractivity contribution < 1.29 is 14.3 Å². The lowest BCUT2D eigenvalue weighted by atomic mass is 9.87. The molecule has 1 aliphatic rings. The molecule has 6 nitrogen and oxygen atoms in total. The summed E-state index contributed by atoms with van der Waals surface area (Å²) >= 11 is 1.22. The highest BCUT2D eigenvalue weighted by Gasteiger charge is 2.21. The summed E-state index contributed by atoms with van der Waals surface area (Å²) in [5, 5.41) is 12.9. The number of nitriles is 1. The van der Waals surface area contributed by atoms with Gasteiger partial charge in [0.2, 0.25) is 5.91 Å². The van der Waals surface area contributed by atoms with Crippen LogP contribution in [0.5, 0.6) is 0 Å². The van der Waals surface area contributed by atoms with Crippen molar-refractivity contribution in [3.05, 3.63) is 22.9 Å². The Morgan fingerprint density at radius 3 is 2.69 bits per heavy atom. The van der Waals surface area contributed by atoms with E-state index >= 15 is 0 Å². The van der Waals surface area contributed by atoms with Crippen LogP contribution in [0, 0.1) is 24.2 Å². The molecule has 0 unspecified atom stereocenters. The van der Waals surface area contributed by atoms with Gasteiger partial charge in [0.15, 0.2) is 0 Å². The highest BCUT2D eigenvalue weighted by molar-refractivity contribution is 8.00. The van der Waals surface area contributed by atoms with E-state index in [1.54, 1.807) is 13.8 Å². The lowest BCUT2D eigenvalue weighted by molar-refractivity contribution is -0.119. The number of nitrogens with zero attached hydrogens (tertiary/aromatic N) is 2. The summed E-state index contributed by atoms with van der Waals surface area (Å²) in [4.78, 5) is 28.4. The molecule has 0 atom stereocenters. The predicted octanol–water partition coefficient (Wildman–Crippen LogP) is 3.23. The second kappa shape index (κ2) is 9.58. The Morgan fingerprint density at radius 2 is 2.08 bits per heavy atom. The van der Waals surface area contributed by atoms with Crippen molar-refractivity contribution in [2.75, 3.05) is 12.4 Å². The molecule has 1 heterocycles. The zero-order valence-corrected chi connectivity index (χ0v) is 16.3. The Labute approximate surface area is 158 Å². The Morgan fingerprint density at radius 1 is 1.38 bits per heavy atom. The van der Waals surface area contributed by atoms with Crippen LogP contribution in [0.4, 0.5) is 0 Å². The topological polar surface area (TPSA) is 92.1 Å². The van der Waals surface area contributed by atoms with Crippen LogP contribution in [0.25, 0.3) is 0 Å². The van der Waals surface area contributed by atoms with Crippen molar-refractivity contribution >= 4 is 23.6 Å². The van der Waals surface area contributed by atoms with Crippen LogP contribution in [0.1, 0.15) is 61.1 Å². The van der Waals surface area contributed by atoms with Gasteiger partial charge in [-0.2, -0.15) is 5.26 Å². The minimum Gasteiger partial charge on any atom is -0.462 e. The highest BCUT2D eigenvalue weighted by Crippen LogP contribution is 2.25. The SMILES string of the molecule is CCOC(=O)c1cc(C#N)c(SCC(=O)NC2CCC(C)CC2)nc1C. The minimum absolute atomic E-state index is 0.0487. The number of aryl methyl sites for hydroxylation is 1. The van der Waals surface area contributed by atoms with E-state index in [2.05, 4.69) is 17.2 Å². The van der Waals surface area contributed by atoms with Crippen LogP contribution in [-0.2, 0) is 9.53 Å². The van der Waals surface area contributed by atoms with E-state index < -0.39 is 5.97 Å². The lowest BCUT2D eigenvalue weighted by Gasteiger charge is -2.26. The van der Waals surface area contributed by atoms with Crippen molar-refractivity contribution in [2.24, 2.45) is 5.92 Å². The molecule has 7 heteroatoms. The Bertz CT molecular complexity index is 707. The maximum Gasteiger partial charge on any atom is 0.340 e. The average molecular weight is 375 g/mol. The van der Waals surface area contributed by atoms with Gasteiger partial charge in [0.05, 0.1) is 29.2 Å². The van der Waals surface area contributed by atoms with Crippen LogP contribution >= 0.6 is 11.8 Å². The van der Waals surface area contributed by atoms with Crippen LogP contribution < -0.4 is 5.32 Å². The van der Waals surface area contributed by atoms with Crippen molar-refractivity contribution in [3.63, 3.8) is 0 Å². The number of nitrogens with one attached hydrogen (secondary N) is 1. The fourth-order valence-corrected chi connectivity index (χ4v) is 3.81. The first-order chi connectivity index (χ1) is 12.4. The molecule has 1 aliphatic carbocycles. The monoisotopic (exact) mass is 375 g/mol. The first-order valence-corrected chi connectivity index (χ1v) is 9.94. The molecule has 140 valence electrons. The molecule has 1 aromatic heterocycles. The molecule has 1 saturated carbocycles. The fraction of sp³-hybridized carbons (Fsp3) is 0.579. The van der Waals surface area contributed by atoms with Gasteiger partial charge in [-0.05, 0) is 51.5 Å². The van der Waals surface area contributed by atoms with Crippen molar-refractivity contribution in [2.45, 2.75) is 57.5 Å². The molecule has 0 spiro atoms. The summed E-state index contributed by atoms with van der Waals surface area (Å²) in [5.41, 5.74) is 1.06. The zero-order chi connectivity index (χ0) is 19.1. The number of aromatic nitrogens is 1. The molecule has 0 aliphatic heterocycles. The summed E-state index contributed by atoms with van der Waals surface area (Å²) in [7, 11) is 0. The van der Waals surface area contributed by atoms with E-state index in [0.717, 1.165) is 31.6 Å². The number of pyridine rings is 1. The largest absolute Gasteiger partial charge is 0.462 e. The maximum absolute atomic E-state index is 12.2. The maximum atomic E-state index is 12.2. The average Bonchev–Trinajstić information content (AvgIpc) is 2.62. The van der Waals surface area contributed by atoms with Gasteiger partial charge in [-0.3, -0.25) is 4.79 Å². The van der Waals surface area contributed by atoms with Gasteiger partial charge in [0, 0.05) is 6.04 Å². The number of carbonyl (C=O) groups is 2. The summed E-state index contributed by atoms with van der Waals surface area (Å²) in [6.07, 6.45) is 4.33. The van der Waals surface area contributed by atoms with Crippen molar-refractivity contribution in [1.82, 2.24) is 10.3 Å². The quantitative estimate of drug-likeness (QED) is 0.606. The molecule has 26 heavy (non-hydrogen) atoms. The number of rotatable bonds is 6. The molecular formula is C19H25N3O3S. The Hall–Kier alpha value is -2.07. The third-order valence-electron chi connectivity index (χ3n) is 4.51. The van der Waals surface area contributed by atoms with Crippen molar-refractivity contribution in [3.8, 4) is 6.07 Å². The highest BCUT2D eigenvalue weighted by atomic mass is 32.2. The summed E-state index contributed by atoms with van der Waals surface area (Å²) in [5.74, 6) is 0.398. The normalized spacial score (nSPS) is 19.5. The van der Waals surface area contributed by atoms with E-state index in [4.69, 9.17) is 4.74 Å². The van der Waals surface area contributed by atoms with Gasteiger partial charge in [-0.15, -0.1) is 0 Å². The Balaban J connectivity index is 1.98. The number of esters is 1. The standard InChI is InChI=1S/C19H25N3O3S/c1-4-25-19(24)16-9-14(10-20)18(21-13(16)3)26-11-17(23)22-15-7-5-12(2)6-8-15/h9,12,15H,4-8,11H2,1-3H3,(H,22,23). The Kier molecular flexibility index (Phi) is 7.46. The number of thioether (sulfide) groups is 1. The van der Waals surface area contributed by atoms with Gasteiger partial charge in [0.25, 0.3) is 0 Å². The fourth-order valence-electron chi connectivity index (χ4n) is 3.00. The molecule has 1 N–H and O–H groups in total. The van der Waals surface area contributed by atoms with Crippen molar-refractivity contribution in [1.29, 1.82) is 5.26 Å². The third-order valence-corrected chi connectivity index (χ3v) is 5.51. The number of hydrogen-bond donors (Lipinski definition) is 1. The molecule has 0 bridgehead atoms. The number of carbonyl (C=O) groups excluding carboxylic acids is 2. The molecule has 2 rings (SSSR count). The van der Waals surface area contributed by atoms with Gasteiger partial charge in [0.1, 0.15) is 11.1 Å². The van der Waals surface area contributed by atoms with Gasteiger partial charge in [-0.1, -0.05) is 18.7 Å². The molecule has 0 aromatic carbocycles. The minimum atomic E-state index is -0.491. The van der Waals surface area contributed by atoms with Crippen LogP contribution in [0.15, 0.2) is 11.1 Å². The number of amides is 1. The van der Waals surface area contributed by atoms with Crippen LogP contribution in [-0.4, -0.2) is 35.3 Å². The smallest absolute Gasteiger partial charge is 0.340 e. The van der Waals surface area contributed by atoms with E-state index in [-0.39, 0.29) is 35.4 Å². The van der Waals surface area contributed by atoms with Crippen LogP contribution in [0.2, 0.25) is 0 Å². The zero-order valence-electron chi connectivity index (χ0n) is 15.5. The molecule has 1 fully saturated rings. The van der Waals surface area contributed by atoms with E-state index in [1.165, 1.54) is 17.8 Å². The summed E-state index contributed by atoms with van der Waals surface area (Å²) < 4.78 is 4.98. The van der Waals surface area contributed by atoms with Gasteiger partial charge < -0.3 is 10.1 Å². The molecule has 0 radical (unpaired) electrons. The van der Waals surface area contributed by atoms with E-state index in [9.17, 15) is 14.9 Å². The second-order valence-electron chi connectivity index (χ2n) is 6.62. The lowest BCUT2D eigenvalue weighted by Crippen LogP contribution is -2.38. The molecule has 0 saturated heterocycles. The van der Waals surface area contributed by atoms with E-state index in [0.29, 0.717) is 10.7 Å². The van der Waals surface area contributed by atoms with Gasteiger partial charge in [-0.25, -0.2) is 9.78 Å². The van der Waals surface area contributed by atoms with Crippen LogP contribution in [0.3, 0.4) is 0 Å². The molecule has 1 amide bonds. The first kappa shape index (κ1) is 20.2. The number of ether oxygens (including phenoxy) is 1. The van der Waals surface area contributed by atoms with E-state index in [1.807, 2.05) is 6.07 Å². The third kappa shape index (κ3) is 5.46. The van der Waals surface area contributed by atoms with Gasteiger partial charge >= 0.3 is 5.97 Å². The predicted molar refractivity (Wildman–Crippen MR) is 99.9 cm³/mol.